The van der Waals surface area contributed by atoms with Crippen LogP contribution in [0.15, 0.2) is 28.7 Å². The van der Waals surface area contributed by atoms with Crippen LogP contribution in [0.5, 0.6) is 5.19 Å². The second kappa shape index (κ2) is 10.8. The van der Waals surface area contributed by atoms with Crippen LogP contribution in [0.1, 0.15) is 55.5 Å². The maximum atomic E-state index is 13.1. The fourth-order valence-corrected chi connectivity index (χ4v) is 5.95. The van der Waals surface area contributed by atoms with Crippen molar-refractivity contribution in [2.75, 3.05) is 19.7 Å². The third kappa shape index (κ3) is 6.59. The van der Waals surface area contributed by atoms with Gasteiger partial charge < -0.3 is 14.5 Å². The summed E-state index contributed by atoms with van der Waals surface area (Å²) in [6.07, 6.45) is 6.35. The largest absolute Gasteiger partial charge is 0.464 e. The minimum absolute atomic E-state index is 0.0385. The van der Waals surface area contributed by atoms with Gasteiger partial charge in [-0.2, -0.15) is 0 Å². The average Bonchev–Trinajstić information content (AvgIpc) is 3.44. The summed E-state index contributed by atoms with van der Waals surface area (Å²) in [6, 6.07) is 7.74. The van der Waals surface area contributed by atoms with E-state index in [0.29, 0.717) is 22.6 Å². The molecule has 3 aromatic rings. The molecule has 36 heavy (non-hydrogen) atoms. The van der Waals surface area contributed by atoms with E-state index in [9.17, 15) is 13.6 Å². The van der Waals surface area contributed by atoms with Gasteiger partial charge in [-0.3, -0.25) is 9.69 Å². The van der Waals surface area contributed by atoms with Gasteiger partial charge in [0.15, 0.2) is 12.2 Å². The number of hydrogen-bond acceptors (Lipinski definition) is 7. The summed E-state index contributed by atoms with van der Waals surface area (Å²) in [6.45, 7) is 2.92. The Morgan fingerprint density at radius 2 is 2.06 bits per heavy atom. The van der Waals surface area contributed by atoms with Crippen LogP contribution in [0.2, 0.25) is 0 Å². The van der Waals surface area contributed by atoms with Crippen LogP contribution in [0, 0.1) is 5.92 Å². The van der Waals surface area contributed by atoms with Crippen molar-refractivity contribution in [3.8, 4) is 5.19 Å². The minimum Gasteiger partial charge on any atom is -0.464 e. The van der Waals surface area contributed by atoms with Crippen molar-refractivity contribution >= 4 is 28.3 Å². The van der Waals surface area contributed by atoms with Crippen molar-refractivity contribution in [1.29, 1.82) is 0 Å². The molecule has 0 saturated heterocycles. The molecule has 1 saturated carbocycles. The molecule has 10 heteroatoms. The maximum absolute atomic E-state index is 13.1. The van der Waals surface area contributed by atoms with Gasteiger partial charge in [-0.25, -0.2) is 18.7 Å². The first kappa shape index (κ1) is 25.1. The number of fused-ring (bicyclic) bond motifs is 2. The molecule has 2 aromatic heterocycles. The van der Waals surface area contributed by atoms with Crippen LogP contribution in [0.3, 0.4) is 0 Å². The topological polar surface area (TPSA) is 80.5 Å². The second-order valence-corrected chi connectivity index (χ2v) is 11.1. The number of aromatic nitrogens is 2. The Balaban J connectivity index is 1.01. The SMILES string of the molecule is CC(F)(F)COc1nc2c(s1)CCN(CCC1CCC(NC(=O)Cc3nc4ccccc4o3)CC1)C2. The first-order chi connectivity index (χ1) is 17.3. The predicted molar refractivity (Wildman–Crippen MR) is 133 cm³/mol. The van der Waals surface area contributed by atoms with Crippen molar-refractivity contribution < 1.29 is 22.7 Å². The molecule has 0 spiro atoms. The fraction of sp³-hybridized carbons (Fsp3) is 0.577. The van der Waals surface area contributed by atoms with E-state index >= 15 is 0 Å². The minimum atomic E-state index is -2.86. The summed E-state index contributed by atoms with van der Waals surface area (Å²) in [5.41, 5.74) is 2.44. The highest BCUT2D eigenvalue weighted by Gasteiger charge is 2.27. The molecular weight excluding hydrogens is 486 g/mol. The van der Waals surface area contributed by atoms with Gasteiger partial charge in [-0.1, -0.05) is 23.5 Å². The summed E-state index contributed by atoms with van der Waals surface area (Å²) in [4.78, 5) is 24.9. The first-order valence-electron chi connectivity index (χ1n) is 12.7. The number of carbonyl (C=O) groups is 1. The number of thiazole rings is 1. The number of oxazole rings is 1. The number of nitrogens with zero attached hydrogens (tertiary/aromatic N) is 3. The number of halogens is 2. The van der Waals surface area contributed by atoms with Gasteiger partial charge in [-0.15, -0.1) is 0 Å². The van der Waals surface area contributed by atoms with E-state index in [4.69, 9.17) is 9.15 Å². The number of benzene rings is 1. The zero-order valence-corrected chi connectivity index (χ0v) is 21.3. The summed E-state index contributed by atoms with van der Waals surface area (Å²) in [7, 11) is 0. The van der Waals surface area contributed by atoms with Gasteiger partial charge in [0.2, 0.25) is 11.8 Å². The third-order valence-corrected chi connectivity index (χ3v) is 8.02. The molecule has 3 heterocycles. The molecule has 1 aliphatic heterocycles. The predicted octanol–water partition coefficient (Wildman–Crippen LogP) is 4.98. The third-order valence-electron chi connectivity index (χ3n) is 6.95. The fourth-order valence-electron chi connectivity index (χ4n) is 5.04. The quantitative estimate of drug-likeness (QED) is 0.430. The van der Waals surface area contributed by atoms with Gasteiger partial charge in [0.1, 0.15) is 11.9 Å². The number of para-hydroxylation sites is 2. The molecule has 1 fully saturated rings. The monoisotopic (exact) mass is 518 g/mol. The second-order valence-electron chi connectivity index (χ2n) is 10.1. The molecule has 1 aliphatic carbocycles. The van der Waals surface area contributed by atoms with Crippen molar-refractivity contribution in [3.05, 3.63) is 40.7 Å². The summed E-state index contributed by atoms with van der Waals surface area (Å²) in [5.74, 6) is -1.79. The zero-order valence-electron chi connectivity index (χ0n) is 20.5. The zero-order chi connectivity index (χ0) is 25.1. The molecule has 7 nitrogen and oxygen atoms in total. The van der Waals surface area contributed by atoms with E-state index in [1.807, 2.05) is 24.3 Å². The van der Waals surface area contributed by atoms with Crippen LogP contribution in [-0.4, -0.2) is 52.4 Å². The molecule has 1 N–H and O–H groups in total. The van der Waals surface area contributed by atoms with Gasteiger partial charge >= 0.3 is 0 Å². The van der Waals surface area contributed by atoms with Crippen molar-refractivity contribution in [1.82, 2.24) is 20.2 Å². The number of carbonyl (C=O) groups excluding carboxylic acids is 1. The molecule has 0 bridgehead atoms. The summed E-state index contributed by atoms with van der Waals surface area (Å²) < 4.78 is 37.0. The molecule has 1 aromatic carbocycles. The molecule has 194 valence electrons. The Morgan fingerprint density at radius 1 is 1.25 bits per heavy atom. The lowest BCUT2D eigenvalue weighted by molar-refractivity contribution is -0.121. The van der Waals surface area contributed by atoms with Gasteiger partial charge in [-0.05, 0) is 63.1 Å². The van der Waals surface area contributed by atoms with Gasteiger partial charge in [0.25, 0.3) is 11.1 Å². The number of ether oxygens (including phenoxy) is 1. The van der Waals surface area contributed by atoms with E-state index in [1.165, 1.54) is 11.3 Å². The Kier molecular flexibility index (Phi) is 7.52. The standard InChI is InChI=1S/C26H32F2N4O3S/c1-26(27,28)16-34-25-31-20-15-32(13-11-22(20)36-25)12-10-17-6-8-18(9-7-17)29-23(33)14-24-30-19-4-2-3-5-21(19)35-24/h2-5,17-18H,6-16H2,1H3,(H,29,33). The van der Waals surface area contributed by atoms with Crippen LogP contribution < -0.4 is 10.1 Å². The van der Waals surface area contributed by atoms with Crippen LogP contribution in [0.4, 0.5) is 8.78 Å². The Hall–Kier alpha value is -2.59. The highest BCUT2D eigenvalue weighted by molar-refractivity contribution is 7.13. The van der Waals surface area contributed by atoms with Crippen LogP contribution in [-0.2, 0) is 24.2 Å². The lowest BCUT2D eigenvalue weighted by Gasteiger charge is -2.31. The average molecular weight is 519 g/mol. The molecule has 1 amide bonds. The number of hydrogen-bond donors (Lipinski definition) is 1. The summed E-state index contributed by atoms with van der Waals surface area (Å²) >= 11 is 1.39. The van der Waals surface area contributed by atoms with Crippen molar-refractivity contribution in [3.63, 3.8) is 0 Å². The van der Waals surface area contributed by atoms with E-state index in [-0.39, 0.29) is 18.4 Å². The van der Waals surface area contributed by atoms with E-state index in [2.05, 4.69) is 20.2 Å². The van der Waals surface area contributed by atoms with Crippen LogP contribution in [0.25, 0.3) is 11.1 Å². The number of amides is 1. The highest BCUT2D eigenvalue weighted by atomic mass is 32.1. The van der Waals surface area contributed by atoms with E-state index < -0.39 is 12.5 Å². The summed E-state index contributed by atoms with van der Waals surface area (Å²) in [5, 5.41) is 3.50. The lowest BCUT2D eigenvalue weighted by Crippen LogP contribution is -2.39. The molecule has 2 aliphatic rings. The smallest absolute Gasteiger partial charge is 0.278 e. The molecule has 0 radical (unpaired) electrons. The maximum Gasteiger partial charge on any atom is 0.278 e. The lowest BCUT2D eigenvalue weighted by atomic mass is 9.84. The Bertz CT molecular complexity index is 1150. The van der Waals surface area contributed by atoms with Gasteiger partial charge in [0, 0.05) is 30.9 Å². The Labute approximate surface area is 213 Å². The van der Waals surface area contributed by atoms with E-state index in [0.717, 1.165) is 81.2 Å². The highest BCUT2D eigenvalue weighted by Crippen LogP contribution is 2.32. The molecule has 0 unspecified atom stereocenters. The van der Waals surface area contributed by atoms with Crippen molar-refractivity contribution in [2.45, 2.75) is 70.4 Å². The Morgan fingerprint density at radius 3 is 2.83 bits per heavy atom. The molecule has 0 atom stereocenters. The molecule has 5 rings (SSSR count). The number of alkyl halides is 2. The van der Waals surface area contributed by atoms with Crippen molar-refractivity contribution in [2.24, 2.45) is 5.92 Å². The van der Waals surface area contributed by atoms with Crippen LogP contribution >= 0.6 is 11.3 Å². The normalized spacial score (nSPS) is 20.9. The van der Waals surface area contributed by atoms with Gasteiger partial charge in [0.05, 0.1) is 5.69 Å². The number of nitrogens with one attached hydrogen (secondary N) is 1. The molecular formula is C26H32F2N4O3S. The number of rotatable bonds is 9. The first-order valence-corrected chi connectivity index (χ1v) is 13.5. The van der Waals surface area contributed by atoms with E-state index in [1.54, 1.807) is 0 Å².